The molecule has 0 aromatic heterocycles. The van der Waals surface area contributed by atoms with Crippen molar-refractivity contribution < 1.29 is 24.2 Å². The number of hydrogen-bond acceptors (Lipinski definition) is 4. The quantitative estimate of drug-likeness (QED) is 0.465. The second-order valence-electron chi connectivity index (χ2n) is 5.30. The molecule has 0 bridgehead atoms. The van der Waals surface area contributed by atoms with Crippen LogP contribution in [0.25, 0.3) is 0 Å². The number of aliphatic carboxylic acids is 1. The second-order valence-corrected chi connectivity index (χ2v) is 5.30. The highest BCUT2D eigenvalue weighted by molar-refractivity contribution is 5.98. The summed E-state index contributed by atoms with van der Waals surface area (Å²) in [5.74, 6) is -1.96. The van der Waals surface area contributed by atoms with Crippen molar-refractivity contribution in [3.05, 3.63) is 0 Å². The van der Waals surface area contributed by atoms with Gasteiger partial charge in [-0.3, -0.25) is 9.59 Å². The minimum Gasteiger partial charge on any atom is -0.480 e. The summed E-state index contributed by atoms with van der Waals surface area (Å²) in [7, 11) is 0. The summed E-state index contributed by atoms with van der Waals surface area (Å²) in [4.78, 5) is 22.6. The van der Waals surface area contributed by atoms with Crippen LogP contribution in [0.5, 0.6) is 0 Å². The van der Waals surface area contributed by atoms with E-state index >= 15 is 0 Å². The van der Waals surface area contributed by atoms with Gasteiger partial charge in [0.15, 0.2) is 11.7 Å². The smallest absolute Gasteiger partial charge is 0.325 e. The maximum absolute atomic E-state index is 11.7. The number of ether oxygens (including phenoxy) is 2. The molecule has 0 saturated heterocycles. The summed E-state index contributed by atoms with van der Waals surface area (Å²) in [6, 6.07) is 0. The van der Waals surface area contributed by atoms with Gasteiger partial charge < -0.3 is 14.6 Å². The van der Waals surface area contributed by atoms with Crippen LogP contribution >= 0.6 is 0 Å². The van der Waals surface area contributed by atoms with Gasteiger partial charge in [0, 0.05) is 0 Å². The van der Waals surface area contributed by atoms with Crippen LogP contribution in [0.15, 0.2) is 0 Å². The lowest BCUT2D eigenvalue weighted by atomic mass is 9.94. The van der Waals surface area contributed by atoms with Crippen molar-refractivity contribution in [3.63, 3.8) is 0 Å². The number of carboxylic acids is 1. The number of carboxylic acid groups (broad SMARTS) is 1. The van der Waals surface area contributed by atoms with Gasteiger partial charge in [0.2, 0.25) is 0 Å². The maximum Gasteiger partial charge on any atom is 0.325 e. The molecule has 0 aromatic carbocycles. The molecule has 104 valence electrons. The average molecular weight is 258 g/mol. The third-order valence-corrected chi connectivity index (χ3v) is 3.25. The molecular formula is C13H22O5. The molecule has 0 aromatic rings. The minimum absolute atomic E-state index is 0.120. The van der Waals surface area contributed by atoms with E-state index in [0.717, 1.165) is 25.7 Å². The second kappa shape index (κ2) is 6.18. The number of hydrogen-bond donors (Lipinski definition) is 1. The lowest BCUT2D eigenvalue weighted by Gasteiger charge is -2.27. The Morgan fingerprint density at radius 1 is 1.22 bits per heavy atom. The lowest BCUT2D eigenvalue weighted by Crippen LogP contribution is -2.38. The third-order valence-electron chi connectivity index (χ3n) is 3.25. The van der Waals surface area contributed by atoms with E-state index in [1.54, 1.807) is 6.92 Å². The number of rotatable bonds is 5. The fourth-order valence-corrected chi connectivity index (χ4v) is 1.89. The van der Waals surface area contributed by atoms with Crippen LogP contribution < -0.4 is 0 Å². The van der Waals surface area contributed by atoms with E-state index < -0.39 is 23.6 Å². The van der Waals surface area contributed by atoms with Gasteiger partial charge in [-0.2, -0.15) is 0 Å². The van der Waals surface area contributed by atoms with E-state index in [-0.39, 0.29) is 6.10 Å². The molecule has 1 rings (SSSR count). The number of esters is 1. The molecule has 1 N–H and O–H groups in total. The molecule has 1 saturated carbocycles. The Hall–Kier alpha value is -1.10. The largest absolute Gasteiger partial charge is 0.480 e. The SMILES string of the molecule is CC(OC(=O)C(C)(C)C(=O)O)OC1CCCCC1. The highest BCUT2D eigenvalue weighted by Crippen LogP contribution is 2.23. The van der Waals surface area contributed by atoms with E-state index in [9.17, 15) is 9.59 Å². The van der Waals surface area contributed by atoms with Crippen molar-refractivity contribution in [3.8, 4) is 0 Å². The van der Waals surface area contributed by atoms with Crippen LogP contribution in [-0.4, -0.2) is 29.4 Å². The van der Waals surface area contributed by atoms with Gasteiger partial charge in [-0.15, -0.1) is 0 Å². The van der Waals surface area contributed by atoms with Gasteiger partial charge in [0.05, 0.1) is 6.10 Å². The van der Waals surface area contributed by atoms with Crippen LogP contribution in [0.3, 0.4) is 0 Å². The first-order chi connectivity index (χ1) is 8.34. The zero-order valence-electron chi connectivity index (χ0n) is 11.3. The fourth-order valence-electron chi connectivity index (χ4n) is 1.89. The first kappa shape index (κ1) is 15.0. The van der Waals surface area contributed by atoms with Crippen molar-refractivity contribution in [2.45, 2.75) is 65.3 Å². The summed E-state index contributed by atoms with van der Waals surface area (Å²) >= 11 is 0. The molecule has 1 fully saturated rings. The molecule has 0 spiro atoms. The van der Waals surface area contributed by atoms with Gasteiger partial charge in [-0.05, 0) is 33.6 Å². The van der Waals surface area contributed by atoms with Crippen LogP contribution in [0.4, 0.5) is 0 Å². The van der Waals surface area contributed by atoms with Crippen LogP contribution in [0, 0.1) is 5.41 Å². The Balaban J connectivity index is 2.41. The molecule has 0 heterocycles. The molecular weight excluding hydrogens is 236 g/mol. The Bertz CT molecular complexity index is 305. The van der Waals surface area contributed by atoms with E-state index in [1.807, 2.05) is 0 Å². The lowest BCUT2D eigenvalue weighted by molar-refractivity contribution is -0.198. The topological polar surface area (TPSA) is 72.8 Å². The van der Waals surface area contributed by atoms with E-state index in [1.165, 1.54) is 20.3 Å². The van der Waals surface area contributed by atoms with Crippen LogP contribution in [0.1, 0.15) is 52.9 Å². The Morgan fingerprint density at radius 3 is 2.28 bits per heavy atom. The van der Waals surface area contributed by atoms with Crippen LogP contribution in [0.2, 0.25) is 0 Å². The van der Waals surface area contributed by atoms with Crippen LogP contribution in [-0.2, 0) is 19.1 Å². The zero-order valence-corrected chi connectivity index (χ0v) is 11.3. The Kier molecular flexibility index (Phi) is 5.14. The van der Waals surface area contributed by atoms with E-state index in [0.29, 0.717) is 0 Å². The van der Waals surface area contributed by atoms with Gasteiger partial charge in [0.1, 0.15) is 0 Å². The maximum atomic E-state index is 11.7. The summed E-state index contributed by atoms with van der Waals surface area (Å²) in [6.07, 6.45) is 4.86. The molecule has 1 atom stereocenters. The standard InChI is InChI=1S/C13H22O5/c1-9(17-10-7-5-4-6-8-10)18-12(16)13(2,3)11(14)15/h9-10H,4-8H2,1-3H3,(H,14,15). The predicted octanol–water partition coefficient (Wildman–Crippen LogP) is 2.34. The van der Waals surface area contributed by atoms with Crippen molar-refractivity contribution in [1.29, 1.82) is 0 Å². The third kappa shape index (κ3) is 3.98. The van der Waals surface area contributed by atoms with Crippen molar-refractivity contribution in [2.24, 2.45) is 5.41 Å². The highest BCUT2D eigenvalue weighted by Gasteiger charge is 2.39. The minimum atomic E-state index is -1.54. The normalized spacial score (nSPS) is 19.3. The summed E-state index contributed by atoms with van der Waals surface area (Å²) in [5.41, 5.74) is -1.54. The van der Waals surface area contributed by atoms with Crippen molar-refractivity contribution in [1.82, 2.24) is 0 Å². The van der Waals surface area contributed by atoms with E-state index in [2.05, 4.69) is 0 Å². The number of carbonyl (C=O) groups is 2. The summed E-state index contributed by atoms with van der Waals surface area (Å²) in [5, 5.41) is 8.90. The molecule has 1 unspecified atom stereocenters. The van der Waals surface area contributed by atoms with Crippen molar-refractivity contribution >= 4 is 11.9 Å². The first-order valence-corrected chi connectivity index (χ1v) is 6.44. The van der Waals surface area contributed by atoms with E-state index in [4.69, 9.17) is 14.6 Å². The van der Waals surface area contributed by atoms with Gasteiger partial charge in [0.25, 0.3) is 0 Å². The molecule has 5 heteroatoms. The summed E-state index contributed by atoms with van der Waals surface area (Å²) < 4.78 is 10.6. The molecule has 0 amide bonds. The Morgan fingerprint density at radius 2 is 1.78 bits per heavy atom. The predicted molar refractivity (Wildman–Crippen MR) is 64.9 cm³/mol. The molecule has 18 heavy (non-hydrogen) atoms. The monoisotopic (exact) mass is 258 g/mol. The van der Waals surface area contributed by atoms with Crippen molar-refractivity contribution in [2.75, 3.05) is 0 Å². The molecule has 0 radical (unpaired) electrons. The van der Waals surface area contributed by atoms with Gasteiger partial charge >= 0.3 is 11.9 Å². The fraction of sp³-hybridized carbons (Fsp3) is 0.846. The molecule has 0 aliphatic heterocycles. The number of carbonyl (C=O) groups excluding carboxylic acids is 1. The average Bonchev–Trinajstić information content (AvgIpc) is 2.29. The van der Waals surface area contributed by atoms with Gasteiger partial charge in [-0.1, -0.05) is 19.3 Å². The molecule has 5 nitrogen and oxygen atoms in total. The molecule has 1 aliphatic carbocycles. The molecule has 1 aliphatic rings. The van der Waals surface area contributed by atoms with Gasteiger partial charge in [-0.25, -0.2) is 0 Å². The Labute approximate surface area is 107 Å². The zero-order chi connectivity index (χ0) is 13.8. The first-order valence-electron chi connectivity index (χ1n) is 6.44. The summed E-state index contributed by atoms with van der Waals surface area (Å²) in [6.45, 7) is 4.28. The highest BCUT2D eigenvalue weighted by atomic mass is 16.7.